The fourth-order valence-electron chi connectivity index (χ4n) is 1.54. The van der Waals surface area contributed by atoms with Crippen molar-refractivity contribution in [1.82, 2.24) is 0 Å². The van der Waals surface area contributed by atoms with Crippen LogP contribution in [-0.4, -0.2) is 10.9 Å². The van der Waals surface area contributed by atoms with Gasteiger partial charge in [0.2, 0.25) is 0 Å². The number of hydrogen-bond donors (Lipinski definition) is 1. The molecular weight excluding hydrogens is 316 g/mol. The van der Waals surface area contributed by atoms with Gasteiger partial charge in [-0.25, -0.2) is 0 Å². The van der Waals surface area contributed by atoms with Crippen LogP contribution >= 0.6 is 39.0 Å². The van der Waals surface area contributed by atoms with Crippen molar-refractivity contribution in [2.24, 2.45) is 0 Å². The van der Waals surface area contributed by atoms with Crippen LogP contribution in [0.4, 0.5) is 0 Å². The van der Waals surface area contributed by atoms with Gasteiger partial charge in [-0.2, -0.15) is 0 Å². The molecular formula is C13H13BrOS2. The van der Waals surface area contributed by atoms with Crippen LogP contribution < -0.4 is 0 Å². The highest BCUT2D eigenvalue weighted by molar-refractivity contribution is 9.10. The van der Waals surface area contributed by atoms with Crippen molar-refractivity contribution in [2.75, 3.05) is 5.75 Å². The van der Waals surface area contributed by atoms with Gasteiger partial charge in [-0.3, -0.25) is 0 Å². The van der Waals surface area contributed by atoms with Crippen molar-refractivity contribution in [1.29, 1.82) is 0 Å². The molecule has 0 radical (unpaired) electrons. The molecule has 1 aromatic heterocycles. The molecule has 1 N–H and O–H groups in total. The molecule has 0 fully saturated rings. The first kappa shape index (κ1) is 13.1. The summed E-state index contributed by atoms with van der Waals surface area (Å²) in [4.78, 5) is 2.38. The smallest absolute Gasteiger partial charge is 0.0894 e. The average Bonchev–Trinajstić information content (AvgIpc) is 2.74. The number of aryl methyl sites for hydroxylation is 1. The van der Waals surface area contributed by atoms with Crippen molar-refractivity contribution < 1.29 is 5.11 Å². The highest BCUT2D eigenvalue weighted by Gasteiger charge is 2.11. The number of thiophene rings is 1. The van der Waals surface area contributed by atoms with E-state index in [0.717, 1.165) is 10.0 Å². The van der Waals surface area contributed by atoms with Crippen LogP contribution in [-0.2, 0) is 0 Å². The van der Waals surface area contributed by atoms with E-state index in [1.165, 1.54) is 9.77 Å². The first-order valence-corrected chi connectivity index (χ1v) is 7.93. The largest absolute Gasteiger partial charge is 0.387 e. The zero-order chi connectivity index (χ0) is 12.3. The third-order valence-electron chi connectivity index (χ3n) is 2.48. The predicted molar refractivity (Wildman–Crippen MR) is 78.9 cm³/mol. The van der Waals surface area contributed by atoms with Gasteiger partial charge < -0.3 is 5.11 Å². The summed E-state index contributed by atoms with van der Waals surface area (Å²) < 4.78 is 1.08. The molecule has 90 valence electrons. The summed E-state index contributed by atoms with van der Waals surface area (Å²) in [6.45, 7) is 2.05. The third kappa shape index (κ3) is 3.58. The van der Waals surface area contributed by atoms with E-state index in [-0.39, 0.29) is 6.10 Å². The van der Waals surface area contributed by atoms with Gasteiger partial charge in [0, 0.05) is 20.0 Å². The Kier molecular flexibility index (Phi) is 4.68. The minimum absolute atomic E-state index is 0.380. The van der Waals surface area contributed by atoms with Gasteiger partial charge in [0.1, 0.15) is 0 Å². The summed E-state index contributed by atoms with van der Waals surface area (Å²) in [5.41, 5.74) is 1.06. The van der Waals surface area contributed by atoms with E-state index in [1.807, 2.05) is 30.5 Å². The normalized spacial score (nSPS) is 12.6. The minimum Gasteiger partial charge on any atom is -0.387 e. The lowest BCUT2D eigenvalue weighted by molar-refractivity contribution is 0.204. The molecule has 1 nitrogen and oxygen atoms in total. The van der Waals surface area contributed by atoms with E-state index < -0.39 is 0 Å². The number of rotatable bonds is 4. The molecule has 0 saturated carbocycles. The second-order valence-electron chi connectivity index (χ2n) is 3.71. The van der Waals surface area contributed by atoms with Crippen molar-refractivity contribution in [3.05, 3.63) is 50.6 Å². The minimum atomic E-state index is -0.380. The zero-order valence-electron chi connectivity index (χ0n) is 9.39. The molecule has 17 heavy (non-hydrogen) atoms. The number of halogens is 1. The first-order chi connectivity index (χ1) is 8.16. The number of benzene rings is 1. The maximum Gasteiger partial charge on any atom is 0.0894 e. The molecule has 0 aliphatic carbocycles. The Morgan fingerprint density at radius 1 is 1.29 bits per heavy atom. The lowest BCUT2D eigenvalue weighted by Gasteiger charge is -2.10. The van der Waals surface area contributed by atoms with E-state index >= 15 is 0 Å². The number of aliphatic hydroxyl groups is 1. The molecule has 2 rings (SSSR count). The molecule has 0 saturated heterocycles. The molecule has 1 atom stereocenters. The van der Waals surface area contributed by atoms with Gasteiger partial charge >= 0.3 is 0 Å². The van der Waals surface area contributed by atoms with Gasteiger partial charge in [0.15, 0.2) is 0 Å². The topological polar surface area (TPSA) is 20.2 Å². The Hall–Kier alpha value is -0.290. The average molecular weight is 329 g/mol. The molecule has 0 bridgehead atoms. The molecule has 0 spiro atoms. The van der Waals surface area contributed by atoms with Crippen molar-refractivity contribution in [3.63, 3.8) is 0 Å². The second kappa shape index (κ2) is 6.05. The Balaban J connectivity index is 1.94. The zero-order valence-corrected chi connectivity index (χ0v) is 12.6. The molecule has 1 heterocycles. The van der Waals surface area contributed by atoms with Crippen LogP contribution in [0.2, 0.25) is 0 Å². The number of aliphatic hydroxyl groups excluding tert-OH is 1. The van der Waals surface area contributed by atoms with Crippen LogP contribution in [0.15, 0.2) is 45.1 Å². The third-order valence-corrected chi connectivity index (χ3v) is 4.96. The highest BCUT2D eigenvalue weighted by Crippen LogP contribution is 2.29. The summed E-state index contributed by atoms with van der Waals surface area (Å²) in [7, 11) is 0. The lowest BCUT2D eigenvalue weighted by atomic mass is 10.2. The van der Waals surface area contributed by atoms with Crippen molar-refractivity contribution in [3.8, 4) is 0 Å². The fourth-order valence-corrected chi connectivity index (χ4v) is 3.42. The molecule has 4 heteroatoms. The van der Waals surface area contributed by atoms with Crippen molar-refractivity contribution in [2.45, 2.75) is 17.9 Å². The van der Waals surface area contributed by atoms with Gasteiger partial charge in [0.05, 0.1) is 6.10 Å². The molecule has 0 aliphatic heterocycles. The fraction of sp³-hybridized carbons (Fsp3) is 0.231. The van der Waals surface area contributed by atoms with Gasteiger partial charge in [-0.1, -0.05) is 15.9 Å². The maximum atomic E-state index is 10.1. The number of hydrogen-bond acceptors (Lipinski definition) is 3. The summed E-state index contributed by atoms with van der Waals surface area (Å²) in [6, 6.07) is 10.2. The maximum absolute atomic E-state index is 10.1. The Bertz CT molecular complexity index is 478. The van der Waals surface area contributed by atoms with E-state index in [9.17, 15) is 5.11 Å². The van der Waals surface area contributed by atoms with Crippen LogP contribution in [0.3, 0.4) is 0 Å². The van der Waals surface area contributed by atoms with Gasteiger partial charge in [-0.05, 0) is 48.2 Å². The van der Waals surface area contributed by atoms with E-state index in [2.05, 4.69) is 28.1 Å². The molecule has 1 aromatic carbocycles. The second-order valence-corrected chi connectivity index (χ2v) is 6.84. The molecule has 1 unspecified atom stereocenters. The van der Waals surface area contributed by atoms with Crippen LogP contribution in [0.1, 0.15) is 16.5 Å². The Labute approximate surface area is 118 Å². The van der Waals surface area contributed by atoms with E-state index in [0.29, 0.717) is 5.75 Å². The summed E-state index contributed by atoms with van der Waals surface area (Å²) >= 11 is 6.77. The number of thioether (sulfide) groups is 1. The molecule has 0 amide bonds. The Morgan fingerprint density at radius 3 is 2.59 bits per heavy atom. The highest BCUT2D eigenvalue weighted by atomic mass is 79.9. The summed E-state index contributed by atoms with van der Waals surface area (Å²) in [5.74, 6) is 0.694. The van der Waals surface area contributed by atoms with Crippen molar-refractivity contribution >= 4 is 39.0 Å². The first-order valence-electron chi connectivity index (χ1n) is 5.27. The standard InChI is InChI=1S/C13H13BrOS2/c1-9-12(6-7-16-9)13(15)8-17-11-4-2-10(14)3-5-11/h2-7,13,15H,8H2,1H3. The molecule has 2 aromatic rings. The van der Waals surface area contributed by atoms with E-state index in [1.54, 1.807) is 23.1 Å². The van der Waals surface area contributed by atoms with Gasteiger partial charge in [0.25, 0.3) is 0 Å². The lowest BCUT2D eigenvalue weighted by Crippen LogP contribution is -2.00. The van der Waals surface area contributed by atoms with Crippen LogP contribution in [0.25, 0.3) is 0 Å². The molecule has 0 aliphatic rings. The summed E-state index contributed by atoms with van der Waals surface area (Å²) in [6.07, 6.45) is -0.380. The summed E-state index contributed by atoms with van der Waals surface area (Å²) in [5, 5.41) is 12.1. The van der Waals surface area contributed by atoms with Crippen LogP contribution in [0.5, 0.6) is 0 Å². The quantitative estimate of drug-likeness (QED) is 0.824. The van der Waals surface area contributed by atoms with E-state index in [4.69, 9.17) is 0 Å². The van der Waals surface area contributed by atoms with Gasteiger partial charge in [-0.15, -0.1) is 23.1 Å². The Morgan fingerprint density at radius 2 is 2.00 bits per heavy atom. The van der Waals surface area contributed by atoms with Crippen LogP contribution in [0, 0.1) is 6.92 Å². The predicted octanol–water partition coefficient (Wildman–Crippen LogP) is 4.64. The SMILES string of the molecule is Cc1sccc1C(O)CSc1ccc(Br)cc1. The monoisotopic (exact) mass is 328 g/mol.